The van der Waals surface area contributed by atoms with Gasteiger partial charge in [0.25, 0.3) is 0 Å². The van der Waals surface area contributed by atoms with E-state index in [-0.39, 0.29) is 23.9 Å². The van der Waals surface area contributed by atoms with E-state index in [4.69, 9.17) is 16.3 Å². The van der Waals surface area contributed by atoms with E-state index in [2.05, 4.69) is 17.5 Å². The van der Waals surface area contributed by atoms with Gasteiger partial charge in [0.15, 0.2) is 5.54 Å². The zero-order valence-electron chi connectivity index (χ0n) is 12.7. The van der Waals surface area contributed by atoms with Crippen molar-refractivity contribution in [1.29, 1.82) is 0 Å². The van der Waals surface area contributed by atoms with E-state index in [0.29, 0.717) is 24.6 Å². The minimum absolute atomic E-state index is 0.0868. The first kappa shape index (κ1) is 16.3. The van der Waals surface area contributed by atoms with Gasteiger partial charge in [-0.05, 0) is 38.0 Å². The second-order valence-corrected chi connectivity index (χ2v) is 6.07. The number of esters is 1. The molecular weight excluding hydrogens is 290 g/mol. The maximum absolute atomic E-state index is 12.0. The highest BCUT2D eigenvalue weighted by Crippen LogP contribution is 2.45. The van der Waals surface area contributed by atoms with Gasteiger partial charge in [0.05, 0.1) is 5.92 Å². The Morgan fingerprint density at radius 1 is 1.43 bits per heavy atom. The molecule has 3 rings (SSSR count). The molecule has 2 fully saturated rings. The summed E-state index contributed by atoms with van der Waals surface area (Å²) >= 11 is 5.73. The third-order valence-corrected chi connectivity index (χ3v) is 4.71. The quantitative estimate of drug-likeness (QED) is 0.493. The molecule has 1 N–H and O–H groups in total. The minimum Gasteiger partial charge on any atom is -0.457 e. The second kappa shape index (κ2) is 6.82. The van der Waals surface area contributed by atoms with E-state index in [0.717, 1.165) is 19.3 Å². The Bertz CT molecular complexity index is 437. The van der Waals surface area contributed by atoms with E-state index in [9.17, 15) is 9.59 Å². The highest BCUT2D eigenvalue weighted by atomic mass is 35.5. The Balaban J connectivity index is 0.000000774. The topological polar surface area (TPSA) is 55.4 Å². The van der Waals surface area contributed by atoms with Crippen LogP contribution in [0.5, 0.6) is 0 Å². The molecule has 1 aliphatic carbocycles. The zero-order valence-corrected chi connectivity index (χ0v) is 13.5. The van der Waals surface area contributed by atoms with Gasteiger partial charge in [-0.3, -0.25) is 4.79 Å². The van der Waals surface area contributed by atoms with Crippen LogP contribution in [0.15, 0.2) is 12.2 Å². The molecule has 0 spiro atoms. The van der Waals surface area contributed by atoms with Gasteiger partial charge in [0.2, 0.25) is 5.91 Å². The van der Waals surface area contributed by atoms with Crippen molar-refractivity contribution >= 4 is 23.5 Å². The van der Waals surface area contributed by atoms with E-state index in [1.165, 1.54) is 0 Å². The van der Waals surface area contributed by atoms with Crippen LogP contribution in [-0.4, -0.2) is 29.4 Å². The predicted octanol–water partition coefficient (Wildman–Crippen LogP) is 2.80. The number of halogens is 1. The Kier molecular flexibility index (Phi) is 5.31. The number of carbonyl (C=O) groups is 2. The number of carbonyl (C=O) groups excluding carboxylic acids is 2. The summed E-state index contributed by atoms with van der Waals surface area (Å²) < 4.78 is 5.24. The number of fused-ring (bicyclic) bond motifs is 1. The van der Waals surface area contributed by atoms with E-state index in [1.54, 1.807) is 0 Å². The molecule has 2 heterocycles. The van der Waals surface area contributed by atoms with Crippen molar-refractivity contribution in [3.05, 3.63) is 12.2 Å². The van der Waals surface area contributed by atoms with Crippen LogP contribution >= 0.6 is 11.6 Å². The van der Waals surface area contributed by atoms with E-state index < -0.39 is 5.54 Å². The van der Waals surface area contributed by atoms with Crippen molar-refractivity contribution in [2.45, 2.75) is 57.6 Å². The molecule has 1 amide bonds. The fourth-order valence-corrected chi connectivity index (χ4v) is 3.73. The number of rotatable bonds is 4. The van der Waals surface area contributed by atoms with Crippen molar-refractivity contribution < 1.29 is 14.3 Å². The monoisotopic (exact) mass is 313 g/mol. The summed E-state index contributed by atoms with van der Waals surface area (Å²) in [5.41, 5.74) is -0.778. The summed E-state index contributed by atoms with van der Waals surface area (Å²) in [6, 6.07) is 0. The first-order chi connectivity index (χ1) is 10.2. The molecule has 3 aliphatic rings. The second-order valence-electron chi connectivity index (χ2n) is 5.69. The number of hydrogen-bond donors (Lipinski definition) is 1. The number of hydrogen-bond acceptors (Lipinski definition) is 3. The highest BCUT2D eigenvalue weighted by Gasteiger charge is 2.67. The Morgan fingerprint density at radius 3 is 2.76 bits per heavy atom. The number of alkyl halides is 1. The lowest BCUT2D eigenvalue weighted by molar-refractivity contribution is -0.193. The van der Waals surface area contributed by atoms with Gasteiger partial charge in [-0.2, -0.15) is 0 Å². The molecule has 5 heteroatoms. The zero-order chi connectivity index (χ0) is 15.5. The molecule has 118 valence electrons. The van der Waals surface area contributed by atoms with Crippen LogP contribution < -0.4 is 5.32 Å². The number of amides is 1. The molecule has 0 bridgehead atoms. The van der Waals surface area contributed by atoms with Crippen LogP contribution in [0.25, 0.3) is 0 Å². The summed E-state index contributed by atoms with van der Waals surface area (Å²) in [6.07, 6.45) is 8.58. The average molecular weight is 314 g/mol. The van der Waals surface area contributed by atoms with Crippen LogP contribution in [0.1, 0.15) is 46.0 Å². The van der Waals surface area contributed by atoms with Gasteiger partial charge < -0.3 is 10.1 Å². The summed E-state index contributed by atoms with van der Waals surface area (Å²) in [7, 11) is 0. The molecule has 0 saturated carbocycles. The molecule has 0 aromatic heterocycles. The fourth-order valence-electron chi connectivity index (χ4n) is 3.49. The van der Waals surface area contributed by atoms with Crippen LogP contribution in [-0.2, 0) is 14.3 Å². The molecule has 0 aromatic rings. The third-order valence-electron chi connectivity index (χ3n) is 4.49. The Morgan fingerprint density at radius 2 is 2.19 bits per heavy atom. The number of allylic oxidation sites excluding steroid dienone is 2. The van der Waals surface area contributed by atoms with Gasteiger partial charge in [-0.25, -0.2) is 4.79 Å². The van der Waals surface area contributed by atoms with E-state index in [1.807, 2.05) is 13.8 Å². The molecule has 2 saturated heterocycles. The van der Waals surface area contributed by atoms with Gasteiger partial charge in [0.1, 0.15) is 6.10 Å². The molecule has 0 aromatic carbocycles. The summed E-state index contributed by atoms with van der Waals surface area (Å²) in [4.78, 5) is 23.9. The molecule has 21 heavy (non-hydrogen) atoms. The van der Waals surface area contributed by atoms with Crippen molar-refractivity contribution in [3.8, 4) is 0 Å². The maximum Gasteiger partial charge on any atom is 0.336 e. The first-order valence-electron chi connectivity index (χ1n) is 7.93. The van der Waals surface area contributed by atoms with Crippen molar-refractivity contribution in [1.82, 2.24) is 5.32 Å². The molecule has 4 unspecified atom stereocenters. The van der Waals surface area contributed by atoms with Crippen LogP contribution in [0.3, 0.4) is 0 Å². The van der Waals surface area contributed by atoms with Crippen LogP contribution in [0.2, 0.25) is 0 Å². The summed E-state index contributed by atoms with van der Waals surface area (Å²) in [5, 5.41) is 2.89. The molecular formula is C16H24ClNO3. The van der Waals surface area contributed by atoms with Crippen molar-refractivity contribution in [2.24, 2.45) is 11.8 Å². The lowest BCUT2D eigenvalue weighted by Gasteiger charge is -2.44. The minimum atomic E-state index is -0.778. The Labute approximate surface area is 131 Å². The fraction of sp³-hybridized carbons (Fsp3) is 0.750. The first-order valence-corrected chi connectivity index (χ1v) is 8.46. The smallest absolute Gasteiger partial charge is 0.336 e. The Hall–Kier alpha value is -1.03. The third kappa shape index (κ3) is 2.83. The normalized spacial score (nSPS) is 36.8. The van der Waals surface area contributed by atoms with Gasteiger partial charge in [0, 0.05) is 5.88 Å². The van der Waals surface area contributed by atoms with Crippen molar-refractivity contribution in [3.63, 3.8) is 0 Å². The largest absolute Gasteiger partial charge is 0.457 e. The predicted molar refractivity (Wildman–Crippen MR) is 82.0 cm³/mol. The van der Waals surface area contributed by atoms with E-state index >= 15 is 0 Å². The lowest BCUT2D eigenvalue weighted by Crippen LogP contribution is -2.67. The molecule has 2 aliphatic heterocycles. The SMILES string of the molecule is CC.O=C1NC2(CC3C=CCCC3)C(=O)OC2C1CCCl. The van der Waals surface area contributed by atoms with Crippen molar-refractivity contribution in [2.75, 3.05) is 5.88 Å². The summed E-state index contributed by atoms with van der Waals surface area (Å²) in [5.74, 6) is 0.131. The standard InChI is InChI=1S/C14H18ClNO3.C2H6/c15-7-6-10-11-14(13(18)19-11,16-12(10)17)8-9-4-2-1-3-5-9;1-2/h2,4,9-11H,1,3,5-8H2,(H,16,17);1-2H3. The molecule has 4 nitrogen and oxygen atoms in total. The average Bonchev–Trinajstić information content (AvgIpc) is 2.72. The van der Waals surface area contributed by atoms with Gasteiger partial charge >= 0.3 is 5.97 Å². The molecule has 0 radical (unpaired) electrons. The number of nitrogens with one attached hydrogen (secondary N) is 1. The molecule has 4 atom stereocenters. The summed E-state index contributed by atoms with van der Waals surface area (Å²) in [6.45, 7) is 4.00. The maximum atomic E-state index is 12.0. The van der Waals surface area contributed by atoms with Crippen LogP contribution in [0.4, 0.5) is 0 Å². The van der Waals surface area contributed by atoms with Gasteiger partial charge in [-0.1, -0.05) is 26.0 Å². The lowest BCUT2D eigenvalue weighted by atomic mass is 9.75. The van der Waals surface area contributed by atoms with Crippen LogP contribution in [0, 0.1) is 11.8 Å². The van der Waals surface area contributed by atoms with Gasteiger partial charge in [-0.15, -0.1) is 11.6 Å². The number of ether oxygens (including phenoxy) is 1. The highest BCUT2D eigenvalue weighted by molar-refractivity contribution is 6.18.